The number of nitrogens with one attached hydrogen (secondary N) is 1. The van der Waals surface area contributed by atoms with Crippen LogP contribution in [-0.2, 0) is 4.43 Å². The molecule has 2 nitrogen and oxygen atoms in total. The quantitative estimate of drug-likeness (QED) is 0.763. The maximum Gasteiger partial charge on any atom is 0.228 e. The standard InChI is InChI=1S/C13H26NOSi/c1-2-13(16-11-7-6-10-15-16)14-12-8-4-3-5-9-12/h12-14H,2-11H2,1H3. The predicted octanol–water partition coefficient (Wildman–Crippen LogP) is 3.03. The maximum absolute atomic E-state index is 6.01. The molecule has 2 fully saturated rings. The molecule has 1 radical (unpaired) electrons. The van der Waals surface area contributed by atoms with Crippen molar-refractivity contribution in [3.8, 4) is 0 Å². The lowest BCUT2D eigenvalue weighted by molar-refractivity contribution is 0.264. The average Bonchev–Trinajstić information content (AvgIpc) is 2.38. The molecule has 3 heteroatoms. The van der Waals surface area contributed by atoms with Crippen molar-refractivity contribution in [2.24, 2.45) is 0 Å². The van der Waals surface area contributed by atoms with E-state index < -0.39 is 9.04 Å². The molecule has 0 aromatic heterocycles. The zero-order valence-corrected chi connectivity index (χ0v) is 11.6. The van der Waals surface area contributed by atoms with E-state index in [1.807, 2.05) is 0 Å². The van der Waals surface area contributed by atoms with Gasteiger partial charge in [-0.2, -0.15) is 0 Å². The third-order valence-corrected chi connectivity index (χ3v) is 6.72. The smallest absolute Gasteiger partial charge is 0.228 e. The molecule has 93 valence electrons. The van der Waals surface area contributed by atoms with Crippen molar-refractivity contribution >= 4 is 9.04 Å². The summed E-state index contributed by atoms with van der Waals surface area (Å²) in [7, 11) is -0.547. The van der Waals surface area contributed by atoms with Crippen molar-refractivity contribution < 1.29 is 4.43 Å². The first-order chi connectivity index (χ1) is 7.90. The summed E-state index contributed by atoms with van der Waals surface area (Å²) in [4.78, 5) is 0. The lowest BCUT2D eigenvalue weighted by Crippen LogP contribution is -2.50. The van der Waals surface area contributed by atoms with Gasteiger partial charge in [-0.1, -0.05) is 32.6 Å². The van der Waals surface area contributed by atoms with Gasteiger partial charge in [0.25, 0.3) is 0 Å². The first kappa shape index (κ1) is 12.6. The van der Waals surface area contributed by atoms with Crippen LogP contribution in [-0.4, -0.2) is 27.4 Å². The Bertz CT molecular complexity index is 188. The van der Waals surface area contributed by atoms with Crippen LogP contribution in [0.15, 0.2) is 0 Å². The van der Waals surface area contributed by atoms with Crippen LogP contribution >= 0.6 is 0 Å². The minimum atomic E-state index is -0.547. The van der Waals surface area contributed by atoms with Crippen LogP contribution in [0.5, 0.6) is 0 Å². The molecule has 1 heterocycles. The molecule has 1 unspecified atom stereocenters. The van der Waals surface area contributed by atoms with Crippen LogP contribution in [0.1, 0.15) is 58.3 Å². The average molecular weight is 240 g/mol. The van der Waals surface area contributed by atoms with Gasteiger partial charge < -0.3 is 9.74 Å². The molecule has 2 rings (SSSR count). The van der Waals surface area contributed by atoms with E-state index in [-0.39, 0.29) is 0 Å². The highest BCUT2D eigenvalue weighted by Crippen LogP contribution is 2.21. The van der Waals surface area contributed by atoms with Crippen molar-refractivity contribution in [3.05, 3.63) is 0 Å². The maximum atomic E-state index is 6.01. The summed E-state index contributed by atoms with van der Waals surface area (Å²) in [5, 5.41) is 3.90. The molecule has 0 aromatic carbocycles. The fourth-order valence-electron chi connectivity index (χ4n) is 2.94. The van der Waals surface area contributed by atoms with Gasteiger partial charge in [-0.05, 0) is 31.7 Å². The Kier molecular flexibility index (Phi) is 5.33. The van der Waals surface area contributed by atoms with Crippen molar-refractivity contribution in [3.63, 3.8) is 0 Å². The third-order valence-electron chi connectivity index (χ3n) is 3.94. The first-order valence-electron chi connectivity index (χ1n) is 7.14. The van der Waals surface area contributed by atoms with Crippen LogP contribution in [0, 0.1) is 0 Å². The van der Waals surface area contributed by atoms with Crippen molar-refractivity contribution in [2.75, 3.05) is 6.61 Å². The molecule has 2 aliphatic rings. The minimum absolute atomic E-state index is 0.547. The molecule has 1 saturated heterocycles. The summed E-state index contributed by atoms with van der Waals surface area (Å²) in [6.07, 6.45) is 11.0. The van der Waals surface area contributed by atoms with Crippen LogP contribution in [0.2, 0.25) is 6.04 Å². The molecule has 1 saturated carbocycles. The van der Waals surface area contributed by atoms with Crippen LogP contribution in [0.4, 0.5) is 0 Å². The van der Waals surface area contributed by atoms with Gasteiger partial charge in [-0.25, -0.2) is 0 Å². The van der Waals surface area contributed by atoms with Crippen LogP contribution in [0.25, 0.3) is 0 Å². The Labute approximate surface area is 102 Å². The summed E-state index contributed by atoms with van der Waals surface area (Å²) < 4.78 is 6.01. The van der Waals surface area contributed by atoms with E-state index in [0.717, 1.165) is 12.6 Å². The second-order valence-electron chi connectivity index (χ2n) is 5.23. The van der Waals surface area contributed by atoms with Gasteiger partial charge in [0.05, 0.1) is 0 Å². The molecule has 1 N–H and O–H groups in total. The van der Waals surface area contributed by atoms with Crippen molar-refractivity contribution in [2.45, 2.75) is 76.0 Å². The van der Waals surface area contributed by atoms with E-state index >= 15 is 0 Å². The predicted molar refractivity (Wildman–Crippen MR) is 69.8 cm³/mol. The second kappa shape index (κ2) is 6.77. The Morgan fingerprint density at radius 3 is 2.62 bits per heavy atom. The summed E-state index contributed by atoms with van der Waals surface area (Å²) >= 11 is 0. The van der Waals surface area contributed by atoms with Crippen molar-refractivity contribution in [1.82, 2.24) is 5.32 Å². The van der Waals surface area contributed by atoms with Gasteiger partial charge in [0.15, 0.2) is 0 Å². The zero-order chi connectivity index (χ0) is 11.2. The summed E-state index contributed by atoms with van der Waals surface area (Å²) in [6, 6.07) is 2.16. The highest BCUT2D eigenvalue weighted by molar-refractivity contribution is 6.53. The van der Waals surface area contributed by atoms with Gasteiger partial charge >= 0.3 is 0 Å². The molecule has 1 atom stereocenters. The normalized spacial score (nSPS) is 26.8. The Balaban J connectivity index is 1.78. The fraction of sp³-hybridized carbons (Fsp3) is 1.00. The minimum Gasteiger partial charge on any atom is -0.415 e. The lowest BCUT2D eigenvalue weighted by Gasteiger charge is -2.33. The Morgan fingerprint density at radius 1 is 1.19 bits per heavy atom. The van der Waals surface area contributed by atoms with E-state index in [9.17, 15) is 0 Å². The third kappa shape index (κ3) is 3.57. The summed E-state index contributed by atoms with van der Waals surface area (Å²) in [5.41, 5.74) is 0.702. The lowest BCUT2D eigenvalue weighted by atomic mass is 9.95. The van der Waals surface area contributed by atoms with E-state index in [1.165, 1.54) is 57.4 Å². The van der Waals surface area contributed by atoms with E-state index in [4.69, 9.17) is 4.43 Å². The highest BCUT2D eigenvalue weighted by Gasteiger charge is 2.28. The van der Waals surface area contributed by atoms with E-state index in [1.54, 1.807) is 0 Å². The topological polar surface area (TPSA) is 21.3 Å². The van der Waals surface area contributed by atoms with E-state index in [0.29, 0.717) is 5.67 Å². The molecule has 0 amide bonds. The first-order valence-corrected chi connectivity index (χ1v) is 8.84. The second-order valence-corrected chi connectivity index (χ2v) is 7.65. The molecule has 16 heavy (non-hydrogen) atoms. The number of hydrogen-bond donors (Lipinski definition) is 1. The van der Waals surface area contributed by atoms with Crippen LogP contribution in [0.3, 0.4) is 0 Å². The highest BCUT2D eigenvalue weighted by atomic mass is 28.3. The number of rotatable bonds is 4. The van der Waals surface area contributed by atoms with Crippen LogP contribution < -0.4 is 5.32 Å². The van der Waals surface area contributed by atoms with Gasteiger partial charge in [0.2, 0.25) is 9.04 Å². The van der Waals surface area contributed by atoms with Gasteiger partial charge in [-0.3, -0.25) is 0 Å². The van der Waals surface area contributed by atoms with Gasteiger partial charge in [0.1, 0.15) is 0 Å². The SMILES string of the molecule is CCC(NC1CCCCC1)[Si]1CCCCO1. The molecule has 1 aliphatic carbocycles. The molecule has 1 aliphatic heterocycles. The Hall–Kier alpha value is 0.137. The molecular weight excluding hydrogens is 214 g/mol. The molecule has 0 aromatic rings. The number of hydrogen-bond acceptors (Lipinski definition) is 2. The molecule has 0 bridgehead atoms. The van der Waals surface area contributed by atoms with Gasteiger partial charge in [0, 0.05) is 18.3 Å². The monoisotopic (exact) mass is 240 g/mol. The Morgan fingerprint density at radius 2 is 2.00 bits per heavy atom. The van der Waals surface area contributed by atoms with E-state index in [2.05, 4.69) is 12.2 Å². The molecular formula is C13H26NOSi. The zero-order valence-electron chi connectivity index (χ0n) is 10.6. The fourth-order valence-corrected chi connectivity index (χ4v) is 5.52. The summed E-state index contributed by atoms with van der Waals surface area (Å²) in [5.74, 6) is 0. The molecule has 0 spiro atoms. The summed E-state index contributed by atoms with van der Waals surface area (Å²) in [6.45, 7) is 3.34. The van der Waals surface area contributed by atoms with Crippen molar-refractivity contribution in [1.29, 1.82) is 0 Å². The van der Waals surface area contributed by atoms with Gasteiger partial charge in [-0.15, -0.1) is 0 Å². The largest absolute Gasteiger partial charge is 0.415 e.